The van der Waals surface area contributed by atoms with Gasteiger partial charge in [-0.1, -0.05) is 30.1 Å². The van der Waals surface area contributed by atoms with E-state index in [1.54, 1.807) is 0 Å². The van der Waals surface area contributed by atoms with Crippen LogP contribution in [-0.4, -0.2) is 27.9 Å². The molecule has 1 fully saturated rings. The lowest BCUT2D eigenvalue weighted by molar-refractivity contribution is 0.0938. The second-order valence-corrected chi connectivity index (χ2v) is 6.91. The first-order chi connectivity index (χ1) is 9.08. The highest BCUT2D eigenvalue weighted by atomic mass is 35.5. The van der Waals surface area contributed by atoms with Gasteiger partial charge >= 0.3 is 0 Å². The van der Waals surface area contributed by atoms with E-state index in [2.05, 4.69) is 17.2 Å². The van der Waals surface area contributed by atoms with Gasteiger partial charge in [0.05, 0.1) is 0 Å². The van der Waals surface area contributed by atoms with Crippen LogP contribution in [0, 0.1) is 0 Å². The highest BCUT2D eigenvalue weighted by molar-refractivity contribution is 7.99. The third kappa shape index (κ3) is 4.26. The quantitative estimate of drug-likeness (QED) is 0.859. The zero-order valence-corrected chi connectivity index (χ0v) is 13.0. The lowest BCUT2D eigenvalue weighted by Crippen LogP contribution is -2.33. The van der Waals surface area contributed by atoms with Crippen LogP contribution in [0.25, 0.3) is 0 Å². The maximum absolute atomic E-state index is 12.1. The second-order valence-electron chi connectivity index (χ2n) is 4.56. The number of nitrogens with zero attached hydrogens (tertiary/aromatic N) is 1. The third-order valence-electron chi connectivity index (χ3n) is 3.15. The topological polar surface area (TPSA) is 42.0 Å². The van der Waals surface area contributed by atoms with Gasteiger partial charge in [-0.05, 0) is 37.1 Å². The molecule has 2 atom stereocenters. The molecule has 1 saturated carbocycles. The van der Waals surface area contributed by atoms with Gasteiger partial charge in [0.15, 0.2) is 0 Å². The van der Waals surface area contributed by atoms with E-state index in [9.17, 15) is 4.79 Å². The Morgan fingerprint density at radius 2 is 2.11 bits per heavy atom. The van der Waals surface area contributed by atoms with Crippen molar-refractivity contribution in [2.45, 2.75) is 37.5 Å². The van der Waals surface area contributed by atoms with Crippen LogP contribution in [-0.2, 0) is 0 Å². The molecular formula is C13H16Cl2N2OS. The van der Waals surface area contributed by atoms with Crippen molar-refractivity contribution in [3.8, 4) is 0 Å². The Bertz CT molecular complexity index is 450. The highest BCUT2D eigenvalue weighted by Gasteiger charge is 2.26. The largest absolute Gasteiger partial charge is 0.349 e. The van der Waals surface area contributed by atoms with Crippen LogP contribution in [0.2, 0.25) is 10.3 Å². The highest BCUT2D eigenvalue weighted by Crippen LogP contribution is 2.29. The molecule has 0 aromatic carbocycles. The Hall–Kier alpha value is -0.450. The van der Waals surface area contributed by atoms with Crippen LogP contribution in [0.1, 0.15) is 36.5 Å². The molecule has 0 radical (unpaired) electrons. The predicted molar refractivity (Wildman–Crippen MR) is 81.3 cm³/mol. The van der Waals surface area contributed by atoms with Gasteiger partial charge in [-0.3, -0.25) is 4.79 Å². The van der Waals surface area contributed by atoms with Crippen molar-refractivity contribution >= 4 is 40.9 Å². The summed E-state index contributed by atoms with van der Waals surface area (Å²) in [5, 5.41) is 4.19. The molecule has 2 rings (SSSR count). The number of carbonyl (C=O) groups is 1. The van der Waals surface area contributed by atoms with E-state index in [0.717, 1.165) is 18.6 Å². The Kier molecular flexibility index (Phi) is 5.37. The first kappa shape index (κ1) is 14.9. The number of aromatic nitrogens is 1. The Labute approximate surface area is 127 Å². The number of hydrogen-bond donors (Lipinski definition) is 1. The number of nitrogens with one attached hydrogen (secondary N) is 1. The lowest BCUT2D eigenvalue weighted by Gasteiger charge is -2.13. The van der Waals surface area contributed by atoms with E-state index < -0.39 is 0 Å². The van der Waals surface area contributed by atoms with E-state index >= 15 is 0 Å². The monoisotopic (exact) mass is 318 g/mol. The van der Waals surface area contributed by atoms with Gasteiger partial charge in [0, 0.05) is 16.9 Å². The minimum absolute atomic E-state index is 0.127. The van der Waals surface area contributed by atoms with Gasteiger partial charge < -0.3 is 5.32 Å². The number of thioether (sulfide) groups is 1. The fourth-order valence-corrected chi connectivity index (χ4v) is 3.93. The molecular weight excluding hydrogens is 303 g/mol. The molecule has 19 heavy (non-hydrogen) atoms. The molecule has 1 heterocycles. The summed E-state index contributed by atoms with van der Waals surface area (Å²) < 4.78 is 0. The average molecular weight is 319 g/mol. The first-order valence-electron chi connectivity index (χ1n) is 6.34. The number of pyridine rings is 1. The van der Waals surface area contributed by atoms with Gasteiger partial charge in [0.1, 0.15) is 10.3 Å². The van der Waals surface area contributed by atoms with Crippen LogP contribution >= 0.6 is 35.0 Å². The molecule has 1 aromatic heterocycles. The van der Waals surface area contributed by atoms with E-state index in [0.29, 0.717) is 10.8 Å². The van der Waals surface area contributed by atoms with Crippen molar-refractivity contribution in [1.29, 1.82) is 0 Å². The van der Waals surface area contributed by atoms with Crippen LogP contribution < -0.4 is 5.32 Å². The maximum atomic E-state index is 12.1. The number of rotatable bonds is 4. The minimum Gasteiger partial charge on any atom is -0.349 e. The van der Waals surface area contributed by atoms with Gasteiger partial charge in [-0.2, -0.15) is 11.8 Å². The zero-order valence-electron chi connectivity index (χ0n) is 10.7. The van der Waals surface area contributed by atoms with E-state index in [4.69, 9.17) is 23.2 Å². The van der Waals surface area contributed by atoms with E-state index in [1.807, 2.05) is 11.8 Å². The summed E-state index contributed by atoms with van der Waals surface area (Å²) in [7, 11) is 0. The van der Waals surface area contributed by atoms with Gasteiger partial charge in [0.25, 0.3) is 5.91 Å². The normalized spacial score (nSPS) is 22.5. The fourth-order valence-electron chi connectivity index (χ4n) is 2.32. The molecule has 1 aromatic rings. The van der Waals surface area contributed by atoms with Gasteiger partial charge in [-0.25, -0.2) is 4.98 Å². The van der Waals surface area contributed by atoms with Crippen molar-refractivity contribution in [2.75, 3.05) is 5.75 Å². The van der Waals surface area contributed by atoms with Crippen LogP contribution in [0.3, 0.4) is 0 Å². The summed E-state index contributed by atoms with van der Waals surface area (Å²) in [6.45, 7) is 2.16. The predicted octanol–water partition coefficient (Wildman–Crippen LogP) is 3.79. The summed E-state index contributed by atoms with van der Waals surface area (Å²) in [4.78, 5) is 15.9. The molecule has 6 heteroatoms. The summed E-state index contributed by atoms with van der Waals surface area (Å²) >= 11 is 13.6. The van der Waals surface area contributed by atoms with Crippen molar-refractivity contribution < 1.29 is 4.79 Å². The number of amides is 1. The Morgan fingerprint density at radius 3 is 2.74 bits per heavy atom. The zero-order chi connectivity index (χ0) is 13.8. The molecule has 1 amide bonds. The summed E-state index contributed by atoms with van der Waals surface area (Å²) in [5.74, 6) is 0.999. The van der Waals surface area contributed by atoms with Crippen molar-refractivity contribution in [2.24, 2.45) is 0 Å². The number of carbonyl (C=O) groups excluding carboxylic acids is 1. The van der Waals surface area contributed by atoms with E-state index in [1.165, 1.54) is 18.6 Å². The number of halogens is 2. The van der Waals surface area contributed by atoms with E-state index in [-0.39, 0.29) is 22.3 Å². The minimum atomic E-state index is -0.127. The van der Waals surface area contributed by atoms with Crippen molar-refractivity contribution in [3.05, 3.63) is 28.0 Å². The van der Waals surface area contributed by atoms with Crippen LogP contribution in [0.4, 0.5) is 0 Å². The Balaban J connectivity index is 1.94. The molecule has 3 nitrogen and oxygen atoms in total. The first-order valence-corrected chi connectivity index (χ1v) is 8.14. The Morgan fingerprint density at radius 1 is 1.42 bits per heavy atom. The molecule has 0 spiro atoms. The summed E-state index contributed by atoms with van der Waals surface area (Å²) in [6.07, 6.45) is 3.24. The maximum Gasteiger partial charge on any atom is 0.251 e. The third-order valence-corrected chi connectivity index (χ3v) is 4.77. The van der Waals surface area contributed by atoms with Crippen LogP contribution in [0.5, 0.6) is 0 Å². The smallest absolute Gasteiger partial charge is 0.251 e. The number of hydrogen-bond acceptors (Lipinski definition) is 3. The second kappa shape index (κ2) is 6.82. The standard InChI is InChI=1S/C13H16Cl2N2OS/c1-2-19-10-4-3-9(7-10)16-13(18)8-5-11(14)17-12(15)6-8/h5-6,9-10H,2-4,7H2,1H3,(H,16,18). The van der Waals surface area contributed by atoms with Gasteiger partial charge in [0.2, 0.25) is 0 Å². The molecule has 1 aliphatic rings. The fraction of sp³-hybridized carbons (Fsp3) is 0.538. The average Bonchev–Trinajstić information content (AvgIpc) is 2.76. The molecule has 104 valence electrons. The lowest BCUT2D eigenvalue weighted by atomic mass is 10.2. The molecule has 1 N–H and O–H groups in total. The summed E-state index contributed by atoms with van der Waals surface area (Å²) in [6, 6.07) is 3.33. The molecule has 1 aliphatic carbocycles. The molecule has 0 bridgehead atoms. The van der Waals surface area contributed by atoms with Crippen molar-refractivity contribution in [3.63, 3.8) is 0 Å². The SMILES string of the molecule is CCSC1CCC(NC(=O)c2cc(Cl)nc(Cl)c2)C1. The summed E-state index contributed by atoms with van der Waals surface area (Å²) in [5.41, 5.74) is 0.469. The molecule has 2 unspecified atom stereocenters. The van der Waals surface area contributed by atoms with Crippen molar-refractivity contribution in [1.82, 2.24) is 10.3 Å². The van der Waals surface area contributed by atoms with Gasteiger partial charge in [-0.15, -0.1) is 0 Å². The molecule has 0 saturated heterocycles. The molecule has 0 aliphatic heterocycles. The van der Waals surface area contributed by atoms with Crippen LogP contribution in [0.15, 0.2) is 12.1 Å².